The van der Waals surface area contributed by atoms with Crippen LogP contribution >= 0.6 is 11.8 Å². The summed E-state index contributed by atoms with van der Waals surface area (Å²) in [7, 11) is -0.566. The second-order valence-electron chi connectivity index (χ2n) is 6.63. The quantitative estimate of drug-likeness (QED) is 0.697. The lowest BCUT2D eigenvalue weighted by Crippen LogP contribution is -2.50. The lowest BCUT2D eigenvalue weighted by Gasteiger charge is -2.35. The topological polar surface area (TPSA) is 68.3 Å². The van der Waals surface area contributed by atoms with E-state index in [0.29, 0.717) is 31.3 Å². The average molecular weight is 417 g/mol. The molecule has 2 aliphatic rings. The first-order chi connectivity index (χ1) is 13.1. The van der Waals surface area contributed by atoms with Crippen molar-refractivity contribution in [1.29, 1.82) is 0 Å². The SMILES string of the molecule is COc1ccc(S(=O)(=O)N2CCCSCC2CN2CCOCC2)cc1OC. The minimum Gasteiger partial charge on any atom is -0.493 e. The van der Waals surface area contributed by atoms with Gasteiger partial charge in [0, 0.05) is 44.0 Å². The summed E-state index contributed by atoms with van der Waals surface area (Å²) in [6, 6.07) is 4.75. The van der Waals surface area contributed by atoms with Crippen LogP contribution in [0, 0.1) is 0 Å². The molecule has 0 aromatic heterocycles. The van der Waals surface area contributed by atoms with Gasteiger partial charge in [-0.25, -0.2) is 8.42 Å². The maximum absolute atomic E-state index is 13.4. The number of sulfonamides is 1. The van der Waals surface area contributed by atoms with Gasteiger partial charge in [-0.05, 0) is 24.3 Å². The Kier molecular flexibility index (Phi) is 7.27. The van der Waals surface area contributed by atoms with Crippen LogP contribution in [0.25, 0.3) is 0 Å². The van der Waals surface area contributed by atoms with E-state index < -0.39 is 10.0 Å². The molecule has 0 amide bonds. The van der Waals surface area contributed by atoms with E-state index in [2.05, 4.69) is 4.90 Å². The first kappa shape index (κ1) is 20.7. The fourth-order valence-electron chi connectivity index (χ4n) is 3.46. The van der Waals surface area contributed by atoms with Crippen molar-refractivity contribution in [2.75, 3.05) is 65.1 Å². The van der Waals surface area contributed by atoms with Crippen molar-refractivity contribution in [2.24, 2.45) is 0 Å². The van der Waals surface area contributed by atoms with Gasteiger partial charge in [-0.1, -0.05) is 0 Å². The largest absolute Gasteiger partial charge is 0.493 e. The van der Waals surface area contributed by atoms with Gasteiger partial charge in [-0.15, -0.1) is 0 Å². The molecule has 2 saturated heterocycles. The molecule has 2 aliphatic heterocycles. The van der Waals surface area contributed by atoms with Crippen LogP contribution in [0.1, 0.15) is 6.42 Å². The van der Waals surface area contributed by atoms with Crippen molar-refractivity contribution in [2.45, 2.75) is 17.4 Å². The molecular weight excluding hydrogens is 388 g/mol. The van der Waals surface area contributed by atoms with Crippen LogP contribution in [-0.2, 0) is 14.8 Å². The number of hydrogen-bond acceptors (Lipinski definition) is 7. The van der Waals surface area contributed by atoms with Gasteiger partial charge in [0.05, 0.1) is 32.3 Å². The molecule has 9 heteroatoms. The van der Waals surface area contributed by atoms with Gasteiger partial charge in [0.2, 0.25) is 10.0 Å². The molecule has 152 valence electrons. The minimum atomic E-state index is -3.62. The number of methoxy groups -OCH3 is 2. The summed E-state index contributed by atoms with van der Waals surface area (Å²) < 4.78 is 44.5. The third-order valence-corrected chi connectivity index (χ3v) is 8.06. The van der Waals surface area contributed by atoms with Gasteiger partial charge >= 0.3 is 0 Å². The van der Waals surface area contributed by atoms with Gasteiger partial charge in [-0.3, -0.25) is 4.90 Å². The highest BCUT2D eigenvalue weighted by molar-refractivity contribution is 7.99. The standard InChI is InChI=1S/C18H28N2O5S2/c1-23-17-5-4-16(12-18(17)24-2)27(21,22)20-6-3-11-26-14-15(20)13-19-7-9-25-10-8-19/h4-5,12,15H,3,6-11,13-14H2,1-2H3. The van der Waals surface area contributed by atoms with Gasteiger partial charge in [0.1, 0.15) is 0 Å². The highest BCUT2D eigenvalue weighted by Crippen LogP contribution is 2.32. The highest BCUT2D eigenvalue weighted by atomic mass is 32.2. The zero-order chi connectivity index (χ0) is 19.3. The molecule has 1 aromatic rings. The van der Waals surface area contributed by atoms with Crippen LogP contribution in [0.15, 0.2) is 23.1 Å². The Morgan fingerprint density at radius 2 is 1.89 bits per heavy atom. The van der Waals surface area contributed by atoms with E-state index in [-0.39, 0.29) is 10.9 Å². The molecule has 1 unspecified atom stereocenters. The molecule has 27 heavy (non-hydrogen) atoms. The fraction of sp³-hybridized carbons (Fsp3) is 0.667. The van der Waals surface area contributed by atoms with Crippen LogP contribution in [0.5, 0.6) is 11.5 Å². The number of rotatable bonds is 6. The highest BCUT2D eigenvalue weighted by Gasteiger charge is 2.34. The second-order valence-corrected chi connectivity index (χ2v) is 9.67. The van der Waals surface area contributed by atoms with Gasteiger partial charge in [-0.2, -0.15) is 16.1 Å². The van der Waals surface area contributed by atoms with E-state index in [9.17, 15) is 8.42 Å². The van der Waals surface area contributed by atoms with Crippen molar-refractivity contribution >= 4 is 21.8 Å². The number of nitrogens with zero attached hydrogens (tertiary/aromatic N) is 2. The normalized spacial score (nSPS) is 23.0. The third-order valence-electron chi connectivity index (χ3n) is 4.92. The summed E-state index contributed by atoms with van der Waals surface area (Å²) in [5, 5.41) is 0. The molecule has 1 aromatic carbocycles. The maximum atomic E-state index is 13.4. The molecule has 0 saturated carbocycles. The Morgan fingerprint density at radius 3 is 2.59 bits per heavy atom. The van der Waals surface area contributed by atoms with E-state index in [4.69, 9.17) is 14.2 Å². The molecule has 7 nitrogen and oxygen atoms in total. The van der Waals surface area contributed by atoms with E-state index in [1.54, 1.807) is 22.5 Å². The summed E-state index contributed by atoms with van der Waals surface area (Å²) in [4.78, 5) is 2.55. The fourth-order valence-corrected chi connectivity index (χ4v) is 6.28. The summed E-state index contributed by atoms with van der Waals surface area (Å²) in [6.45, 7) is 4.41. The van der Waals surface area contributed by atoms with Crippen molar-refractivity contribution in [3.8, 4) is 11.5 Å². The lowest BCUT2D eigenvalue weighted by atomic mass is 10.2. The molecule has 0 radical (unpaired) electrons. The van der Waals surface area contributed by atoms with Crippen molar-refractivity contribution < 1.29 is 22.6 Å². The van der Waals surface area contributed by atoms with Crippen molar-refractivity contribution in [1.82, 2.24) is 9.21 Å². The van der Waals surface area contributed by atoms with E-state index in [1.807, 2.05) is 11.8 Å². The van der Waals surface area contributed by atoms with E-state index in [0.717, 1.165) is 37.6 Å². The van der Waals surface area contributed by atoms with Crippen LogP contribution in [0.3, 0.4) is 0 Å². The Balaban J connectivity index is 1.86. The van der Waals surface area contributed by atoms with Crippen molar-refractivity contribution in [3.05, 3.63) is 18.2 Å². The Labute approximate surface area is 166 Å². The van der Waals surface area contributed by atoms with Gasteiger partial charge < -0.3 is 14.2 Å². The maximum Gasteiger partial charge on any atom is 0.243 e. The lowest BCUT2D eigenvalue weighted by molar-refractivity contribution is 0.0309. The van der Waals surface area contributed by atoms with Crippen LogP contribution in [-0.4, -0.2) is 88.8 Å². The first-order valence-corrected chi connectivity index (χ1v) is 11.8. The van der Waals surface area contributed by atoms with Crippen LogP contribution in [0.4, 0.5) is 0 Å². The molecule has 1 atom stereocenters. The Bertz CT molecular complexity index is 722. The van der Waals surface area contributed by atoms with Crippen LogP contribution in [0.2, 0.25) is 0 Å². The molecule has 2 heterocycles. The number of hydrogen-bond donors (Lipinski definition) is 0. The van der Waals surface area contributed by atoms with E-state index in [1.165, 1.54) is 14.2 Å². The Morgan fingerprint density at radius 1 is 1.15 bits per heavy atom. The van der Waals surface area contributed by atoms with Crippen LogP contribution < -0.4 is 9.47 Å². The summed E-state index contributed by atoms with van der Waals surface area (Å²) in [5.74, 6) is 2.74. The molecule has 3 rings (SSSR count). The van der Waals surface area contributed by atoms with Crippen molar-refractivity contribution in [3.63, 3.8) is 0 Å². The predicted octanol–water partition coefficient (Wildman–Crippen LogP) is 1.53. The first-order valence-electron chi connectivity index (χ1n) is 9.18. The molecule has 0 bridgehead atoms. The number of thioether (sulfide) groups is 1. The zero-order valence-corrected chi connectivity index (χ0v) is 17.6. The third kappa shape index (κ3) is 4.89. The smallest absolute Gasteiger partial charge is 0.243 e. The van der Waals surface area contributed by atoms with E-state index >= 15 is 0 Å². The monoisotopic (exact) mass is 416 g/mol. The minimum absolute atomic E-state index is 0.0475. The number of ether oxygens (including phenoxy) is 3. The summed E-state index contributed by atoms with van der Waals surface area (Å²) in [5.41, 5.74) is 0. The predicted molar refractivity (Wildman–Crippen MR) is 106 cm³/mol. The molecule has 2 fully saturated rings. The summed E-state index contributed by atoms with van der Waals surface area (Å²) >= 11 is 1.83. The molecular formula is C18H28N2O5S2. The molecule has 0 aliphatic carbocycles. The number of morpholine rings is 1. The van der Waals surface area contributed by atoms with Gasteiger partial charge in [0.25, 0.3) is 0 Å². The average Bonchev–Trinajstić information content (AvgIpc) is 2.94. The van der Waals surface area contributed by atoms with Gasteiger partial charge in [0.15, 0.2) is 11.5 Å². The summed E-state index contributed by atoms with van der Waals surface area (Å²) in [6.07, 6.45) is 0.858. The number of benzene rings is 1. The molecule has 0 spiro atoms. The second kappa shape index (κ2) is 9.47. The molecule has 0 N–H and O–H groups in total. The Hall–Kier alpha value is -1.00. The zero-order valence-electron chi connectivity index (χ0n) is 15.9.